The van der Waals surface area contributed by atoms with Gasteiger partial charge in [0.25, 0.3) is 0 Å². The Morgan fingerprint density at radius 2 is 1.86 bits per heavy atom. The third kappa shape index (κ3) is 3.57. The van der Waals surface area contributed by atoms with E-state index in [1.54, 1.807) is 0 Å². The molecule has 0 N–H and O–H groups in total. The molecule has 0 aliphatic heterocycles. The molecule has 0 aromatic heterocycles. The average molecular weight is 331 g/mol. The molecule has 2 aliphatic carbocycles. The van der Waals surface area contributed by atoms with Gasteiger partial charge in [0.15, 0.2) is 8.32 Å². The summed E-state index contributed by atoms with van der Waals surface area (Å²) in [6, 6.07) is 12.4. The maximum atomic E-state index is 6.93. The normalized spacial score (nSPS) is 32.0. The van der Waals surface area contributed by atoms with E-state index in [1.807, 2.05) is 0 Å². The fourth-order valence-electron chi connectivity index (χ4n) is 4.67. The second kappa shape index (κ2) is 6.62. The van der Waals surface area contributed by atoms with Crippen molar-refractivity contribution in [2.75, 3.05) is 0 Å². The van der Waals surface area contributed by atoms with Gasteiger partial charge in [0.2, 0.25) is 0 Å². The first kappa shape index (κ1) is 16.5. The highest BCUT2D eigenvalue weighted by molar-refractivity contribution is 6.69. The highest BCUT2D eigenvalue weighted by atomic mass is 28.4. The van der Waals surface area contributed by atoms with E-state index in [1.165, 1.54) is 49.8 Å². The summed E-state index contributed by atoms with van der Waals surface area (Å²) in [6.07, 6.45) is 8.35. The molecule has 2 radical (unpaired) electrons. The molecule has 1 unspecified atom stereocenters. The lowest BCUT2D eigenvalue weighted by atomic mass is 9.74. The van der Waals surface area contributed by atoms with Crippen LogP contribution in [0.15, 0.2) is 30.3 Å². The molecule has 1 aromatic carbocycles. The lowest BCUT2D eigenvalue weighted by molar-refractivity contribution is -0.0398. The molecule has 0 bridgehead atoms. The van der Waals surface area contributed by atoms with Gasteiger partial charge in [0.1, 0.15) is 0 Å². The molecule has 2 fully saturated rings. The van der Waals surface area contributed by atoms with E-state index < -0.39 is 8.32 Å². The Morgan fingerprint density at radius 1 is 1.09 bits per heavy atom. The summed E-state index contributed by atoms with van der Waals surface area (Å²) in [4.78, 5) is 0. The topological polar surface area (TPSA) is 9.23 Å². The summed E-state index contributed by atoms with van der Waals surface area (Å²) in [7, 11) is -0.541. The minimum Gasteiger partial charge on any atom is -0.412 e. The molecule has 3 rings (SSSR count). The first-order chi connectivity index (χ1) is 10.5. The van der Waals surface area contributed by atoms with Gasteiger partial charge in [-0.05, 0) is 57.2 Å². The quantitative estimate of drug-likeness (QED) is 0.716. The Labute approximate surface area is 139 Å². The predicted octanol–water partition coefficient (Wildman–Crippen LogP) is 4.62. The van der Waals surface area contributed by atoms with Crippen molar-refractivity contribution in [2.45, 2.75) is 69.8 Å². The van der Waals surface area contributed by atoms with Crippen molar-refractivity contribution in [1.82, 2.24) is 0 Å². The summed E-state index contributed by atoms with van der Waals surface area (Å²) < 4.78 is 6.93. The minimum absolute atomic E-state index is 0.241. The molecule has 3 atom stereocenters. The monoisotopic (exact) mass is 330 g/mol. The van der Waals surface area contributed by atoms with Gasteiger partial charge in [-0.15, -0.1) is 0 Å². The molecule has 3 heteroatoms. The van der Waals surface area contributed by atoms with Crippen LogP contribution < -0.4 is 5.19 Å². The predicted molar refractivity (Wildman–Crippen MR) is 98.5 cm³/mol. The lowest BCUT2D eigenvalue weighted by Gasteiger charge is -2.47. The van der Waals surface area contributed by atoms with Gasteiger partial charge in [0.05, 0.1) is 15.1 Å². The number of fused-ring (bicyclic) bond motifs is 1. The van der Waals surface area contributed by atoms with Crippen molar-refractivity contribution in [1.29, 1.82) is 0 Å². The Morgan fingerprint density at radius 3 is 2.59 bits per heavy atom. The molecule has 0 saturated heterocycles. The molecule has 1 aromatic rings. The third-order valence-electron chi connectivity index (χ3n) is 5.44. The molecule has 22 heavy (non-hydrogen) atoms. The van der Waals surface area contributed by atoms with Gasteiger partial charge in [-0.3, -0.25) is 0 Å². The molecule has 2 aliphatic rings. The second-order valence-electron chi connectivity index (χ2n) is 8.13. The fourth-order valence-corrected chi connectivity index (χ4v) is 7.71. The van der Waals surface area contributed by atoms with Gasteiger partial charge in [-0.1, -0.05) is 54.4 Å². The van der Waals surface area contributed by atoms with Crippen LogP contribution in [0.3, 0.4) is 0 Å². The third-order valence-corrected chi connectivity index (χ3v) is 7.87. The van der Waals surface area contributed by atoms with Crippen molar-refractivity contribution < 1.29 is 4.43 Å². The number of benzene rings is 1. The highest BCUT2D eigenvalue weighted by Crippen LogP contribution is 2.53. The van der Waals surface area contributed by atoms with Crippen LogP contribution in [0.1, 0.15) is 38.5 Å². The summed E-state index contributed by atoms with van der Waals surface area (Å²) in [5.74, 6) is 1.64. The van der Waals surface area contributed by atoms with Gasteiger partial charge < -0.3 is 4.43 Å². The number of hydrogen-bond donors (Lipinski definition) is 0. The molecule has 0 spiro atoms. The standard InChI is InChI=1S/C19H30OSi2/c1-22(2,3)20-19-14-8-7-9-16(19)12-13-17(19)15-21-18-10-5-4-6-11-18/h4-6,10-11,16-17H,7-9,12-15H2,1-3H3/t16-,17?,19-/m1/s1. The van der Waals surface area contributed by atoms with E-state index in [-0.39, 0.29) is 5.60 Å². The molecule has 0 amide bonds. The SMILES string of the molecule is C[Si](C)(C)O[C@]12CCCC[C@@H]1CCC2C[Si]c1ccccc1. The van der Waals surface area contributed by atoms with Gasteiger partial charge in [0, 0.05) is 0 Å². The van der Waals surface area contributed by atoms with E-state index in [0.717, 1.165) is 21.4 Å². The van der Waals surface area contributed by atoms with Crippen LogP contribution in [0.5, 0.6) is 0 Å². The van der Waals surface area contributed by atoms with Crippen LogP contribution in [-0.2, 0) is 4.43 Å². The molecule has 120 valence electrons. The van der Waals surface area contributed by atoms with Crippen molar-refractivity contribution in [3.8, 4) is 0 Å². The van der Waals surface area contributed by atoms with E-state index in [2.05, 4.69) is 50.0 Å². The average Bonchev–Trinajstić information content (AvgIpc) is 2.82. The maximum absolute atomic E-state index is 6.93. The Balaban J connectivity index is 1.74. The molecule has 1 nitrogen and oxygen atoms in total. The Hall–Kier alpha value is -0.386. The van der Waals surface area contributed by atoms with E-state index in [4.69, 9.17) is 4.43 Å². The van der Waals surface area contributed by atoms with Crippen LogP contribution in [0.25, 0.3) is 0 Å². The minimum atomic E-state index is -1.49. The van der Waals surface area contributed by atoms with Crippen molar-refractivity contribution in [3.63, 3.8) is 0 Å². The zero-order chi connectivity index (χ0) is 15.6. The molecular weight excluding hydrogens is 300 g/mol. The van der Waals surface area contributed by atoms with Crippen LogP contribution in [-0.4, -0.2) is 23.4 Å². The van der Waals surface area contributed by atoms with Gasteiger partial charge >= 0.3 is 0 Å². The summed E-state index contributed by atoms with van der Waals surface area (Å²) >= 11 is 0. The zero-order valence-corrected chi connectivity index (χ0v) is 16.4. The van der Waals surface area contributed by atoms with Crippen molar-refractivity contribution in [3.05, 3.63) is 30.3 Å². The number of rotatable bonds is 5. The first-order valence-electron chi connectivity index (χ1n) is 8.99. The van der Waals surface area contributed by atoms with Crippen LogP contribution in [0, 0.1) is 11.8 Å². The van der Waals surface area contributed by atoms with Gasteiger partial charge in [-0.25, -0.2) is 0 Å². The van der Waals surface area contributed by atoms with Gasteiger partial charge in [-0.2, -0.15) is 0 Å². The van der Waals surface area contributed by atoms with Crippen molar-refractivity contribution >= 4 is 23.0 Å². The Bertz CT molecular complexity index is 482. The number of hydrogen-bond acceptors (Lipinski definition) is 1. The van der Waals surface area contributed by atoms with E-state index >= 15 is 0 Å². The molecule has 0 heterocycles. The summed E-state index contributed by atoms with van der Waals surface area (Å²) in [6.45, 7) is 7.13. The first-order valence-corrected chi connectivity index (χ1v) is 13.6. The Kier molecular flexibility index (Phi) is 4.96. The largest absolute Gasteiger partial charge is 0.412 e. The zero-order valence-electron chi connectivity index (χ0n) is 14.4. The summed E-state index contributed by atoms with van der Waals surface area (Å²) in [5.41, 5.74) is 0.241. The molecular formula is C19H30OSi2. The maximum Gasteiger partial charge on any atom is 0.184 e. The van der Waals surface area contributed by atoms with E-state index in [9.17, 15) is 0 Å². The smallest absolute Gasteiger partial charge is 0.184 e. The lowest BCUT2D eigenvalue weighted by Crippen LogP contribution is -2.51. The van der Waals surface area contributed by atoms with Crippen LogP contribution >= 0.6 is 0 Å². The summed E-state index contributed by atoms with van der Waals surface area (Å²) in [5, 5.41) is 1.52. The highest BCUT2D eigenvalue weighted by Gasteiger charge is 2.52. The fraction of sp³-hybridized carbons (Fsp3) is 0.684. The van der Waals surface area contributed by atoms with E-state index in [0.29, 0.717) is 0 Å². The van der Waals surface area contributed by atoms with Crippen LogP contribution in [0.4, 0.5) is 0 Å². The van der Waals surface area contributed by atoms with Crippen LogP contribution in [0.2, 0.25) is 25.7 Å². The molecule has 2 saturated carbocycles. The second-order valence-corrected chi connectivity index (χ2v) is 13.9. The van der Waals surface area contributed by atoms with Crippen molar-refractivity contribution in [2.24, 2.45) is 11.8 Å².